The Morgan fingerprint density at radius 1 is 1.53 bits per heavy atom. The Bertz CT molecular complexity index is 521. The molecule has 4 heteroatoms. The number of rotatable bonds is 3. The minimum Gasteiger partial charge on any atom is -0.478 e. The van der Waals surface area contributed by atoms with Crippen molar-refractivity contribution in [1.82, 2.24) is 0 Å². The fourth-order valence-corrected chi connectivity index (χ4v) is 1.52. The van der Waals surface area contributed by atoms with Gasteiger partial charge in [-0.2, -0.15) is 0 Å². The van der Waals surface area contributed by atoms with E-state index in [9.17, 15) is 9.18 Å². The molecular weight excluding hydrogens is 223 g/mol. The Morgan fingerprint density at radius 3 is 2.76 bits per heavy atom. The smallest absolute Gasteiger partial charge is 0.335 e. The van der Waals surface area contributed by atoms with Crippen LogP contribution in [0.3, 0.4) is 0 Å². The number of aromatic carboxylic acids is 1. The molecule has 17 heavy (non-hydrogen) atoms. The van der Waals surface area contributed by atoms with E-state index in [1.807, 2.05) is 0 Å². The van der Waals surface area contributed by atoms with Gasteiger partial charge in [0.1, 0.15) is 0 Å². The lowest BCUT2D eigenvalue weighted by molar-refractivity contribution is 0.0696. The summed E-state index contributed by atoms with van der Waals surface area (Å²) >= 11 is 0. The van der Waals surface area contributed by atoms with Crippen LogP contribution in [-0.4, -0.2) is 16.7 Å². The van der Waals surface area contributed by atoms with E-state index in [1.54, 1.807) is 6.92 Å². The lowest BCUT2D eigenvalue weighted by Gasteiger charge is -2.13. The monoisotopic (exact) mass is 234 g/mol. The van der Waals surface area contributed by atoms with Crippen LogP contribution in [0.15, 0.2) is 18.2 Å². The van der Waals surface area contributed by atoms with Crippen molar-refractivity contribution in [3.8, 4) is 17.6 Å². The van der Waals surface area contributed by atoms with Gasteiger partial charge in [-0.15, -0.1) is 5.92 Å². The summed E-state index contributed by atoms with van der Waals surface area (Å²) in [5, 5.41) is 8.81. The lowest BCUT2D eigenvalue weighted by Crippen LogP contribution is -2.16. The number of ether oxygens (including phenoxy) is 1. The SMILES string of the molecule is CC#CC1(Oc2cc(C(=O)O)ccc2F)CC1. The zero-order valence-electron chi connectivity index (χ0n) is 9.29. The number of hydrogen-bond donors (Lipinski definition) is 1. The third-order valence-corrected chi connectivity index (χ3v) is 2.54. The van der Waals surface area contributed by atoms with Crippen LogP contribution in [0.1, 0.15) is 30.1 Å². The molecule has 0 heterocycles. The van der Waals surface area contributed by atoms with Crippen molar-refractivity contribution in [1.29, 1.82) is 0 Å². The highest BCUT2D eigenvalue weighted by Crippen LogP contribution is 2.40. The van der Waals surface area contributed by atoms with E-state index >= 15 is 0 Å². The van der Waals surface area contributed by atoms with Gasteiger partial charge >= 0.3 is 5.97 Å². The molecule has 0 radical (unpaired) electrons. The van der Waals surface area contributed by atoms with Crippen molar-refractivity contribution in [2.24, 2.45) is 0 Å². The number of carboxylic acid groups (broad SMARTS) is 1. The van der Waals surface area contributed by atoms with Gasteiger partial charge in [-0.05, 0) is 25.1 Å². The molecule has 1 saturated carbocycles. The van der Waals surface area contributed by atoms with Crippen molar-refractivity contribution in [3.05, 3.63) is 29.6 Å². The minimum absolute atomic E-state index is 0.00153. The molecule has 88 valence electrons. The molecule has 1 fully saturated rings. The molecule has 1 aliphatic carbocycles. The van der Waals surface area contributed by atoms with Gasteiger partial charge in [0.2, 0.25) is 0 Å². The van der Waals surface area contributed by atoms with Gasteiger partial charge in [-0.1, -0.05) is 5.92 Å². The highest BCUT2D eigenvalue weighted by Gasteiger charge is 2.44. The largest absolute Gasteiger partial charge is 0.478 e. The van der Waals surface area contributed by atoms with Crippen molar-refractivity contribution >= 4 is 5.97 Å². The van der Waals surface area contributed by atoms with Gasteiger partial charge in [0.05, 0.1) is 5.56 Å². The van der Waals surface area contributed by atoms with E-state index in [0.29, 0.717) is 0 Å². The second-order valence-electron chi connectivity index (χ2n) is 3.92. The van der Waals surface area contributed by atoms with Crippen LogP contribution in [-0.2, 0) is 0 Å². The second-order valence-corrected chi connectivity index (χ2v) is 3.92. The fourth-order valence-electron chi connectivity index (χ4n) is 1.52. The lowest BCUT2D eigenvalue weighted by atomic mass is 10.2. The maximum atomic E-state index is 13.5. The van der Waals surface area contributed by atoms with Crippen LogP contribution < -0.4 is 4.74 Å². The fraction of sp³-hybridized carbons (Fsp3) is 0.308. The topological polar surface area (TPSA) is 46.5 Å². The van der Waals surface area contributed by atoms with E-state index in [1.165, 1.54) is 12.1 Å². The van der Waals surface area contributed by atoms with Crippen LogP contribution in [0.4, 0.5) is 4.39 Å². The number of carboxylic acids is 1. The van der Waals surface area contributed by atoms with Crippen molar-refractivity contribution in [3.63, 3.8) is 0 Å². The first-order valence-electron chi connectivity index (χ1n) is 5.22. The molecule has 1 N–H and O–H groups in total. The summed E-state index contributed by atoms with van der Waals surface area (Å²) in [6, 6.07) is 3.49. The van der Waals surface area contributed by atoms with Crippen LogP contribution in [0.25, 0.3) is 0 Å². The maximum absolute atomic E-state index is 13.5. The Balaban J connectivity index is 2.28. The highest BCUT2D eigenvalue weighted by atomic mass is 19.1. The van der Waals surface area contributed by atoms with Gasteiger partial charge in [0, 0.05) is 12.8 Å². The predicted molar refractivity (Wildman–Crippen MR) is 59.4 cm³/mol. The summed E-state index contributed by atoms with van der Waals surface area (Å²) in [6.07, 6.45) is 1.48. The molecule has 3 nitrogen and oxygen atoms in total. The Morgan fingerprint density at radius 2 is 2.24 bits per heavy atom. The molecule has 1 aromatic rings. The number of halogens is 1. The van der Waals surface area contributed by atoms with E-state index in [4.69, 9.17) is 9.84 Å². The Labute approximate surface area is 98.2 Å². The molecule has 0 aliphatic heterocycles. The minimum atomic E-state index is -1.11. The molecule has 0 atom stereocenters. The first-order valence-corrected chi connectivity index (χ1v) is 5.22. The molecule has 0 spiro atoms. The summed E-state index contributed by atoms with van der Waals surface area (Å²) in [7, 11) is 0. The summed E-state index contributed by atoms with van der Waals surface area (Å²) in [5.74, 6) is 3.87. The summed E-state index contributed by atoms with van der Waals surface area (Å²) < 4.78 is 18.9. The van der Waals surface area contributed by atoms with Gasteiger partial charge < -0.3 is 9.84 Å². The number of benzene rings is 1. The van der Waals surface area contributed by atoms with E-state index in [0.717, 1.165) is 18.9 Å². The van der Waals surface area contributed by atoms with Gasteiger partial charge in [0.25, 0.3) is 0 Å². The molecular formula is C13H11FO3. The third-order valence-electron chi connectivity index (χ3n) is 2.54. The molecule has 2 rings (SSSR count). The van der Waals surface area contributed by atoms with Crippen molar-refractivity contribution in [2.45, 2.75) is 25.4 Å². The average Bonchev–Trinajstić information content (AvgIpc) is 3.02. The van der Waals surface area contributed by atoms with E-state index in [2.05, 4.69) is 11.8 Å². The molecule has 0 aromatic heterocycles. The zero-order chi connectivity index (χ0) is 12.5. The Hall–Kier alpha value is -2.02. The molecule has 1 aliphatic rings. The molecule has 0 unspecified atom stereocenters. The third kappa shape index (κ3) is 2.39. The number of carbonyl (C=O) groups is 1. The first-order chi connectivity index (χ1) is 8.06. The van der Waals surface area contributed by atoms with E-state index < -0.39 is 17.4 Å². The maximum Gasteiger partial charge on any atom is 0.335 e. The second kappa shape index (κ2) is 4.10. The normalized spacial score (nSPS) is 15.6. The van der Waals surface area contributed by atoms with Crippen molar-refractivity contribution < 1.29 is 19.0 Å². The first kappa shape index (κ1) is 11.5. The molecule has 0 saturated heterocycles. The van der Waals surface area contributed by atoms with Gasteiger partial charge in [-0.25, -0.2) is 9.18 Å². The summed E-state index contributed by atoms with van der Waals surface area (Å²) in [5.41, 5.74) is -0.617. The molecule has 0 amide bonds. The van der Waals surface area contributed by atoms with Crippen molar-refractivity contribution in [2.75, 3.05) is 0 Å². The zero-order valence-corrected chi connectivity index (χ0v) is 9.29. The average molecular weight is 234 g/mol. The van der Waals surface area contributed by atoms with Crippen LogP contribution in [0.5, 0.6) is 5.75 Å². The highest BCUT2D eigenvalue weighted by molar-refractivity contribution is 5.88. The summed E-state index contributed by atoms with van der Waals surface area (Å²) in [4.78, 5) is 10.8. The molecule has 0 bridgehead atoms. The van der Waals surface area contributed by atoms with Crippen LogP contribution >= 0.6 is 0 Å². The number of hydrogen-bond acceptors (Lipinski definition) is 2. The van der Waals surface area contributed by atoms with E-state index in [-0.39, 0.29) is 11.3 Å². The molecule has 1 aromatic carbocycles. The van der Waals surface area contributed by atoms with Crippen LogP contribution in [0.2, 0.25) is 0 Å². The van der Waals surface area contributed by atoms with Crippen LogP contribution in [0, 0.1) is 17.7 Å². The predicted octanol–water partition coefficient (Wildman–Crippen LogP) is 2.46. The standard InChI is InChI=1S/C13H11FO3/c1-2-5-13(6-7-13)17-11-8-9(12(15)16)3-4-10(11)14/h3-4,8H,6-7H2,1H3,(H,15,16). The Kier molecular flexibility index (Phi) is 2.76. The van der Waals surface area contributed by atoms with Gasteiger partial charge in [0.15, 0.2) is 17.2 Å². The quantitative estimate of drug-likeness (QED) is 0.817. The van der Waals surface area contributed by atoms with Gasteiger partial charge in [-0.3, -0.25) is 0 Å². The summed E-state index contributed by atoms with van der Waals surface area (Å²) in [6.45, 7) is 1.69.